The number of primary amides is 1. The lowest BCUT2D eigenvalue weighted by molar-refractivity contribution is -0.142. The van der Waals surface area contributed by atoms with Gasteiger partial charge in [-0.2, -0.15) is 0 Å². The van der Waals surface area contributed by atoms with Crippen LogP contribution < -0.4 is 26.3 Å². The third kappa shape index (κ3) is 9.69. The first-order valence-electron chi connectivity index (χ1n) is 9.28. The number of hydrogen-bond acceptors (Lipinski definition) is 8. The molecule has 0 spiro atoms. The molecule has 0 aromatic heterocycles. The Balaban J connectivity index is 2.54. The number of aldehydes is 1. The SMILES string of the molecule is COC(=O)C(N)CCCCNC(=O)/C=C/c1ccc(OCC=O)c(OCC(N)=O)c1. The maximum atomic E-state index is 11.9. The fraction of sp³-hybridized carbons (Fsp3) is 0.400. The molecule has 1 atom stereocenters. The van der Waals surface area contributed by atoms with Crippen LogP contribution >= 0.6 is 0 Å². The molecule has 0 radical (unpaired) electrons. The Bertz CT molecular complexity index is 765. The number of methoxy groups -OCH3 is 1. The number of nitrogens with two attached hydrogens (primary N) is 2. The van der Waals surface area contributed by atoms with E-state index in [4.69, 9.17) is 20.9 Å². The number of benzene rings is 1. The van der Waals surface area contributed by atoms with E-state index in [0.717, 1.165) is 0 Å². The maximum absolute atomic E-state index is 11.9. The fourth-order valence-electron chi connectivity index (χ4n) is 2.33. The van der Waals surface area contributed by atoms with E-state index in [2.05, 4.69) is 10.1 Å². The molecule has 1 rings (SSSR count). The molecule has 0 aliphatic rings. The molecular weight excluding hydrogens is 394 g/mol. The van der Waals surface area contributed by atoms with Gasteiger partial charge in [0.25, 0.3) is 5.91 Å². The molecule has 1 unspecified atom stereocenters. The van der Waals surface area contributed by atoms with Gasteiger partial charge in [-0.1, -0.05) is 6.07 Å². The summed E-state index contributed by atoms with van der Waals surface area (Å²) >= 11 is 0. The van der Waals surface area contributed by atoms with Crippen LogP contribution in [0.2, 0.25) is 0 Å². The largest absolute Gasteiger partial charge is 0.482 e. The first-order chi connectivity index (χ1) is 14.4. The van der Waals surface area contributed by atoms with Gasteiger partial charge in [-0.25, -0.2) is 0 Å². The van der Waals surface area contributed by atoms with Crippen molar-refractivity contribution < 1.29 is 33.4 Å². The smallest absolute Gasteiger partial charge is 0.322 e. The van der Waals surface area contributed by atoms with Crippen LogP contribution in [0.3, 0.4) is 0 Å². The lowest BCUT2D eigenvalue weighted by atomic mass is 10.1. The Kier molecular flexibility index (Phi) is 11.3. The summed E-state index contributed by atoms with van der Waals surface area (Å²) in [6.45, 7) is -0.0949. The van der Waals surface area contributed by atoms with Crippen molar-refractivity contribution >= 4 is 30.1 Å². The standard InChI is InChI=1S/C20H27N3O7/c1-28-20(27)15(21)4-2-3-9-23-19(26)8-6-14-5-7-16(29-11-10-24)17(12-14)30-13-18(22)25/h5-8,10,12,15H,2-4,9,11,13,21H2,1H3,(H2,22,25)(H,23,26)/b8-6+. The van der Waals surface area contributed by atoms with E-state index in [1.54, 1.807) is 24.3 Å². The van der Waals surface area contributed by atoms with Crippen molar-refractivity contribution in [2.24, 2.45) is 11.5 Å². The van der Waals surface area contributed by atoms with Gasteiger partial charge in [0.2, 0.25) is 5.91 Å². The van der Waals surface area contributed by atoms with Gasteiger partial charge in [0, 0.05) is 12.6 Å². The van der Waals surface area contributed by atoms with Gasteiger partial charge in [-0.3, -0.25) is 19.2 Å². The molecule has 164 valence electrons. The molecule has 0 aliphatic heterocycles. The van der Waals surface area contributed by atoms with Crippen LogP contribution in [0.15, 0.2) is 24.3 Å². The number of hydrogen-bond donors (Lipinski definition) is 3. The number of nitrogens with one attached hydrogen (secondary N) is 1. The van der Waals surface area contributed by atoms with Crippen LogP contribution in [-0.2, 0) is 23.9 Å². The van der Waals surface area contributed by atoms with Gasteiger partial charge in [-0.15, -0.1) is 0 Å². The topological polar surface area (TPSA) is 160 Å². The summed E-state index contributed by atoms with van der Waals surface area (Å²) in [7, 11) is 1.29. The summed E-state index contributed by atoms with van der Waals surface area (Å²) in [4.78, 5) is 44.5. The van der Waals surface area contributed by atoms with Crippen molar-refractivity contribution in [1.29, 1.82) is 0 Å². The van der Waals surface area contributed by atoms with E-state index in [9.17, 15) is 19.2 Å². The van der Waals surface area contributed by atoms with Crippen LogP contribution in [0.1, 0.15) is 24.8 Å². The molecule has 0 fully saturated rings. The molecular formula is C20H27N3O7. The minimum absolute atomic E-state index is 0.172. The zero-order chi connectivity index (χ0) is 22.4. The molecule has 0 heterocycles. The second-order valence-corrected chi connectivity index (χ2v) is 6.19. The number of carbonyl (C=O) groups excluding carboxylic acids is 4. The van der Waals surface area contributed by atoms with Gasteiger partial charge in [0.1, 0.15) is 12.6 Å². The van der Waals surface area contributed by atoms with Crippen molar-refractivity contribution in [2.75, 3.05) is 26.9 Å². The highest BCUT2D eigenvalue weighted by atomic mass is 16.5. The second kappa shape index (κ2) is 13.7. The number of rotatable bonds is 14. The van der Waals surface area contributed by atoms with Gasteiger partial charge >= 0.3 is 5.97 Å². The first-order valence-corrected chi connectivity index (χ1v) is 9.28. The maximum Gasteiger partial charge on any atom is 0.322 e. The minimum Gasteiger partial charge on any atom is -0.482 e. The molecule has 1 aromatic carbocycles. The number of carbonyl (C=O) groups is 4. The van der Waals surface area contributed by atoms with E-state index in [-0.39, 0.29) is 30.6 Å². The molecule has 10 heteroatoms. The first kappa shape index (κ1) is 24.6. The Morgan fingerprint density at radius 2 is 1.93 bits per heavy atom. The van der Waals surface area contributed by atoms with Gasteiger partial charge in [0.05, 0.1) is 7.11 Å². The quantitative estimate of drug-likeness (QED) is 0.163. The van der Waals surface area contributed by atoms with Gasteiger partial charge in [-0.05, 0) is 43.0 Å². The fourth-order valence-corrected chi connectivity index (χ4v) is 2.33. The Morgan fingerprint density at radius 1 is 1.17 bits per heavy atom. The minimum atomic E-state index is -0.663. The predicted octanol–water partition coefficient (Wildman–Crippen LogP) is -0.0716. The average Bonchev–Trinajstić information content (AvgIpc) is 2.74. The zero-order valence-electron chi connectivity index (χ0n) is 16.8. The van der Waals surface area contributed by atoms with Crippen LogP contribution in [0.25, 0.3) is 6.08 Å². The van der Waals surface area contributed by atoms with Crippen molar-refractivity contribution in [2.45, 2.75) is 25.3 Å². The second-order valence-electron chi connectivity index (χ2n) is 6.19. The van der Waals surface area contributed by atoms with Gasteiger partial charge in [0.15, 0.2) is 24.4 Å². The predicted molar refractivity (Wildman–Crippen MR) is 109 cm³/mol. The van der Waals surface area contributed by atoms with Crippen LogP contribution in [0.4, 0.5) is 0 Å². The molecule has 10 nitrogen and oxygen atoms in total. The number of unbranched alkanes of at least 4 members (excludes halogenated alkanes) is 1. The Morgan fingerprint density at radius 3 is 2.60 bits per heavy atom. The molecule has 0 bridgehead atoms. The van der Waals surface area contributed by atoms with E-state index in [1.807, 2.05) is 0 Å². The Labute approximate surface area is 174 Å². The summed E-state index contributed by atoms with van der Waals surface area (Å²) in [5.74, 6) is -0.920. The van der Waals surface area contributed by atoms with Crippen molar-refractivity contribution in [3.05, 3.63) is 29.8 Å². The van der Waals surface area contributed by atoms with Crippen LogP contribution in [-0.4, -0.2) is 57.0 Å². The summed E-state index contributed by atoms with van der Waals surface area (Å²) in [6.07, 6.45) is 5.30. The summed E-state index contributed by atoms with van der Waals surface area (Å²) in [6, 6.07) is 4.12. The number of esters is 1. The van der Waals surface area contributed by atoms with Crippen molar-refractivity contribution in [3.8, 4) is 11.5 Å². The Hall–Kier alpha value is -3.40. The third-order valence-corrected chi connectivity index (χ3v) is 3.82. The number of amides is 2. The summed E-state index contributed by atoms with van der Waals surface area (Å²) < 4.78 is 15.1. The van der Waals surface area contributed by atoms with Crippen molar-refractivity contribution in [1.82, 2.24) is 5.32 Å². The highest BCUT2D eigenvalue weighted by Crippen LogP contribution is 2.28. The monoisotopic (exact) mass is 421 g/mol. The lowest BCUT2D eigenvalue weighted by Crippen LogP contribution is -2.31. The zero-order valence-corrected chi connectivity index (χ0v) is 16.8. The molecule has 5 N–H and O–H groups in total. The lowest BCUT2D eigenvalue weighted by Gasteiger charge is -2.11. The van der Waals surface area contributed by atoms with E-state index < -0.39 is 17.9 Å². The molecule has 30 heavy (non-hydrogen) atoms. The van der Waals surface area contributed by atoms with Crippen molar-refractivity contribution in [3.63, 3.8) is 0 Å². The summed E-state index contributed by atoms with van der Waals surface area (Å²) in [5, 5.41) is 2.73. The number of ether oxygens (including phenoxy) is 3. The molecule has 2 amide bonds. The molecule has 0 aliphatic carbocycles. The highest BCUT2D eigenvalue weighted by Gasteiger charge is 2.12. The van der Waals surface area contributed by atoms with E-state index in [0.29, 0.717) is 37.7 Å². The molecule has 1 aromatic rings. The van der Waals surface area contributed by atoms with E-state index >= 15 is 0 Å². The van der Waals surface area contributed by atoms with Crippen LogP contribution in [0.5, 0.6) is 11.5 Å². The molecule has 0 saturated carbocycles. The van der Waals surface area contributed by atoms with Gasteiger partial charge < -0.3 is 31.0 Å². The third-order valence-electron chi connectivity index (χ3n) is 3.82. The normalized spacial score (nSPS) is 11.5. The van der Waals surface area contributed by atoms with E-state index in [1.165, 1.54) is 13.2 Å². The molecule has 0 saturated heterocycles. The van der Waals surface area contributed by atoms with Crippen LogP contribution in [0, 0.1) is 0 Å². The average molecular weight is 421 g/mol. The highest BCUT2D eigenvalue weighted by molar-refractivity contribution is 5.91. The summed E-state index contributed by atoms with van der Waals surface area (Å²) in [5.41, 5.74) is 11.3.